The zero-order valence-electron chi connectivity index (χ0n) is 9.14. The summed E-state index contributed by atoms with van der Waals surface area (Å²) < 4.78 is 2.00. The first-order valence-electron chi connectivity index (χ1n) is 5.61. The van der Waals surface area contributed by atoms with Crippen molar-refractivity contribution in [3.63, 3.8) is 0 Å². The molecule has 1 aliphatic rings. The molecule has 84 valence electrons. The molecule has 1 aromatic heterocycles. The van der Waals surface area contributed by atoms with Crippen LogP contribution in [0.5, 0.6) is 0 Å². The minimum Gasteiger partial charge on any atom is -0.298 e. The Kier molecular flexibility index (Phi) is 3.81. The van der Waals surface area contributed by atoms with E-state index in [2.05, 4.69) is 32.9 Å². The fourth-order valence-corrected chi connectivity index (χ4v) is 2.74. The monoisotopic (exact) mass is 271 g/mol. The average Bonchev–Trinajstić information content (AvgIpc) is 2.72. The van der Waals surface area contributed by atoms with Gasteiger partial charge < -0.3 is 0 Å². The first kappa shape index (κ1) is 11.1. The van der Waals surface area contributed by atoms with E-state index in [4.69, 9.17) is 0 Å². The molecular formula is C11H18BrN3. The standard InChI is InChI=1S/C11H18BrN3/c1-10-3-4-11(12)9-14(10)7-8-15-6-2-5-13-15/h2,5-6,10-11H,3-4,7-9H2,1H3. The number of rotatable bonds is 3. The molecule has 3 nitrogen and oxygen atoms in total. The van der Waals surface area contributed by atoms with Gasteiger partial charge in [-0.3, -0.25) is 9.58 Å². The maximum Gasteiger partial charge on any atom is 0.0536 e. The topological polar surface area (TPSA) is 21.1 Å². The number of halogens is 1. The van der Waals surface area contributed by atoms with Crippen molar-refractivity contribution in [3.05, 3.63) is 18.5 Å². The summed E-state index contributed by atoms with van der Waals surface area (Å²) in [5, 5.41) is 4.22. The molecule has 0 N–H and O–H groups in total. The van der Waals surface area contributed by atoms with E-state index < -0.39 is 0 Å². The van der Waals surface area contributed by atoms with Crippen LogP contribution in [0.25, 0.3) is 0 Å². The highest BCUT2D eigenvalue weighted by Gasteiger charge is 2.23. The zero-order valence-corrected chi connectivity index (χ0v) is 10.7. The lowest BCUT2D eigenvalue weighted by atomic mass is 10.0. The molecule has 1 fully saturated rings. The molecule has 2 unspecified atom stereocenters. The second-order valence-corrected chi connectivity index (χ2v) is 5.58. The highest BCUT2D eigenvalue weighted by molar-refractivity contribution is 9.09. The van der Waals surface area contributed by atoms with E-state index >= 15 is 0 Å². The Hall–Kier alpha value is -0.350. The van der Waals surface area contributed by atoms with Gasteiger partial charge in [0.25, 0.3) is 0 Å². The molecule has 15 heavy (non-hydrogen) atoms. The van der Waals surface area contributed by atoms with Crippen LogP contribution in [0.4, 0.5) is 0 Å². The van der Waals surface area contributed by atoms with Crippen molar-refractivity contribution in [2.45, 2.75) is 37.2 Å². The van der Waals surface area contributed by atoms with Crippen molar-refractivity contribution in [1.29, 1.82) is 0 Å². The smallest absolute Gasteiger partial charge is 0.0536 e. The molecule has 1 saturated heterocycles. The van der Waals surface area contributed by atoms with Gasteiger partial charge in [0.2, 0.25) is 0 Å². The van der Waals surface area contributed by atoms with Gasteiger partial charge in [-0.1, -0.05) is 15.9 Å². The van der Waals surface area contributed by atoms with Crippen molar-refractivity contribution < 1.29 is 0 Å². The van der Waals surface area contributed by atoms with Gasteiger partial charge >= 0.3 is 0 Å². The SMILES string of the molecule is CC1CCC(Br)CN1CCn1cccn1. The van der Waals surface area contributed by atoms with Gasteiger partial charge in [-0.25, -0.2) is 0 Å². The predicted molar refractivity (Wildman–Crippen MR) is 65.2 cm³/mol. The number of piperidine rings is 1. The Morgan fingerprint density at radius 1 is 1.40 bits per heavy atom. The molecule has 2 rings (SSSR count). The summed E-state index contributed by atoms with van der Waals surface area (Å²) in [6.45, 7) is 5.59. The van der Waals surface area contributed by atoms with E-state index in [0.717, 1.165) is 19.1 Å². The molecule has 1 aromatic rings. The highest BCUT2D eigenvalue weighted by atomic mass is 79.9. The fraction of sp³-hybridized carbons (Fsp3) is 0.727. The molecule has 0 saturated carbocycles. The minimum atomic E-state index is 0.673. The third-order valence-corrected chi connectivity index (χ3v) is 3.88. The highest BCUT2D eigenvalue weighted by Crippen LogP contribution is 2.21. The largest absolute Gasteiger partial charge is 0.298 e. The van der Waals surface area contributed by atoms with Crippen LogP contribution in [0.15, 0.2) is 18.5 Å². The quantitative estimate of drug-likeness (QED) is 0.786. The normalized spacial score (nSPS) is 28.1. The predicted octanol–water partition coefficient (Wildman–Crippen LogP) is 2.13. The molecular weight excluding hydrogens is 254 g/mol. The molecule has 0 aliphatic carbocycles. The third-order valence-electron chi connectivity index (χ3n) is 3.13. The van der Waals surface area contributed by atoms with Crippen LogP contribution >= 0.6 is 15.9 Å². The average molecular weight is 272 g/mol. The van der Waals surface area contributed by atoms with Crippen LogP contribution < -0.4 is 0 Å². The lowest BCUT2D eigenvalue weighted by Gasteiger charge is -2.35. The number of nitrogens with zero attached hydrogens (tertiary/aromatic N) is 3. The van der Waals surface area contributed by atoms with Crippen molar-refractivity contribution in [2.75, 3.05) is 13.1 Å². The first-order chi connectivity index (χ1) is 7.25. The summed E-state index contributed by atoms with van der Waals surface area (Å²) in [6, 6.07) is 2.70. The fourth-order valence-electron chi connectivity index (χ4n) is 2.11. The van der Waals surface area contributed by atoms with Crippen molar-refractivity contribution in [3.8, 4) is 0 Å². The Labute approximate surface area is 99.6 Å². The second kappa shape index (κ2) is 5.12. The number of likely N-dealkylation sites (tertiary alicyclic amines) is 1. The molecule has 0 amide bonds. The molecule has 0 aromatic carbocycles. The number of hydrogen-bond acceptors (Lipinski definition) is 2. The van der Waals surface area contributed by atoms with E-state index in [9.17, 15) is 0 Å². The van der Waals surface area contributed by atoms with E-state index in [0.29, 0.717) is 4.83 Å². The number of hydrogen-bond donors (Lipinski definition) is 0. The van der Waals surface area contributed by atoms with E-state index in [1.54, 1.807) is 0 Å². The van der Waals surface area contributed by atoms with Gasteiger partial charge in [0.15, 0.2) is 0 Å². The van der Waals surface area contributed by atoms with Crippen molar-refractivity contribution in [1.82, 2.24) is 14.7 Å². The lowest BCUT2D eigenvalue weighted by Crippen LogP contribution is -2.43. The summed E-state index contributed by atoms with van der Waals surface area (Å²) in [5.74, 6) is 0. The Morgan fingerprint density at radius 2 is 2.27 bits per heavy atom. The molecule has 1 aliphatic heterocycles. The Morgan fingerprint density at radius 3 is 3.00 bits per heavy atom. The zero-order chi connectivity index (χ0) is 10.7. The summed E-state index contributed by atoms with van der Waals surface area (Å²) in [5.41, 5.74) is 0. The van der Waals surface area contributed by atoms with Crippen LogP contribution in [0, 0.1) is 0 Å². The van der Waals surface area contributed by atoms with Crippen LogP contribution in [0.2, 0.25) is 0 Å². The molecule has 0 spiro atoms. The van der Waals surface area contributed by atoms with E-state index in [1.165, 1.54) is 19.4 Å². The minimum absolute atomic E-state index is 0.673. The number of aromatic nitrogens is 2. The van der Waals surface area contributed by atoms with Crippen molar-refractivity contribution in [2.24, 2.45) is 0 Å². The number of alkyl halides is 1. The molecule has 0 bridgehead atoms. The van der Waals surface area contributed by atoms with Gasteiger partial charge in [0.1, 0.15) is 0 Å². The summed E-state index contributed by atoms with van der Waals surface area (Å²) in [4.78, 5) is 3.22. The van der Waals surface area contributed by atoms with Gasteiger partial charge in [-0.2, -0.15) is 5.10 Å². The Bertz CT molecular complexity index is 286. The Balaban J connectivity index is 1.82. The molecule has 2 atom stereocenters. The van der Waals surface area contributed by atoms with Crippen molar-refractivity contribution >= 4 is 15.9 Å². The van der Waals surface area contributed by atoms with Gasteiger partial charge in [0.05, 0.1) is 6.54 Å². The van der Waals surface area contributed by atoms with Gasteiger partial charge in [-0.15, -0.1) is 0 Å². The van der Waals surface area contributed by atoms with Crippen LogP contribution in [-0.2, 0) is 6.54 Å². The first-order valence-corrected chi connectivity index (χ1v) is 6.53. The summed E-state index contributed by atoms with van der Waals surface area (Å²) in [6.07, 6.45) is 6.47. The molecule has 2 heterocycles. The van der Waals surface area contributed by atoms with Gasteiger partial charge in [-0.05, 0) is 25.8 Å². The third kappa shape index (κ3) is 3.05. The maximum atomic E-state index is 4.22. The molecule has 4 heteroatoms. The molecule has 0 radical (unpaired) electrons. The van der Waals surface area contributed by atoms with Gasteiger partial charge in [0, 0.05) is 36.4 Å². The summed E-state index contributed by atoms with van der Waals surface area (Å²) >= 11 is 3.71. The maximum absolute atomic E-state index is 4.22. The van der Waals surface area contributed by atoms with Crippen LogP contribution in [0.3, 0.4) is 0 Å². The lowest BCUT2D eigenvalue weighted by molar-refractivity contribution is 0.159. The summed E-state index contributed by atoms with van der Waals surface area (Å²) in [7, 11) is 0. The second-order valence-electron chi connectivity index (χ2n) is 4.29. The van der Waals surface area contributed by atoms with E-state index in [1.807, 2.05) is 23.1 Å². The van der Waals surface area contributed by atoms with Crippen LogP contribution in [-0.4, -0.2) is 38.6 Å². The van der Waals surface area contributed by atoms with Crippen LogP contribution in [0.1, 0.15) is 19.8 Å². The van der Waals surface area contributed by atoms with E-state index in [-0.39, 0.29) is 0 Å².